The van der Waals surface area contributed by atoms with E-state index in [0.29, 0.717) is 15.8 Å². The number of nitrogens with one attached hydrogen (secondary N) is 1. The lowest BCUT2D eigenvalue weighted by molar-refractivity contribution is 0.0982. The van der Waals surface area contributed by atoms with Gasteiger partial charge in [0.05, 0.1) is 23.1 Å². The third-order valence-electron chi connectivity index (χ3n) is 2.94. The van der Waals surface area contributed by atoms with Crippen molar-refractivity contribution in [2.75, 3.05) is 7.11 Å². The molecular weight excluding hydrogens is 418 g/mol. The number of halogens is 2. The molecule has 0 aliphatic heterocycles. The summed E-state index contributed by atoms with van der Waals surface area (Å²) in [6, 6.07) is 11.4. The molecule has 0 saturated heterocycles. The maximum absolute atomic E-state index is 12.1. The van der Waals surface area contributed by atoms with E-state index in [1.165, 1.54) is 25.3 Å². The average molecular weight is 431 g/mol. The second-order valence-corrected chi connectivity index (χ2v) is 7.57. The Bertz CT molecular complexity index is 897. The number of carbonyl (C=O) groups excluding carboxylic acids is 1. The molecule has 2 rings (SSSR count). The predicted molar refractivity (Wildman–Crippen MR) is 97.6 cm³/mol. The van der Waals surface area contributed by atoms with Crippen molar-refractivity contribution in [3.63, 3.8) is 0 Å². The second kappa shape index (κ2) is 7.83. The van der Waals surface area contributed by atoms with Crippen LogP contribution in [0.2, 0.25) is 5.02 Å². The minimum atomic E-state index is -3.96. The van der Waals surface area contributed by atoms with E-state index in [4.69, 9.17) is 16.3 Å². The Kier molecular flexibility index (Phi) is 6.04. The van der Waals surface area contributed by atoms with Gasteiger partial charge in [0, 0.05) is 4.47 Å². The zero-order valence-corrected chi connectivity index (χ0v) is 15.7. The van der Waals surface area contributed by atoms with Crippen LogP contribution in [0.4, 0.5) is 0 Å². The summed E-state index contributed by atoms with van der Waals surface area (Å²) in [5.41, 5.74) is 0.687. The first-order chi connectivity index (χ1) is 11.3. The number of methoxy groups -OCH3 is 1. The SMILES string of the molecule is COc1cccc(C=CS(=O)(=O)NC(=O)c2ccc(Br)cc2Cl)c1. The van der Waals surface area contributed by atoms with Crippen LogP contribution in [0, 0.1) is 0 Å². The van der Waals surface area contributed by atoms with Crippen molar-refractivity contribution in [2.24, 2.45) is 0 Å². The Morgan fingerprint density at radius 1 is 1.25 bits per heavy atom. The van der Waals surface area contributed by atoms with Gasteiger partial charge in [-0.3, -0.25) is 4.79 Å². The van der Waals surface area contributed by atoms with Crippen molar-refractivity contribution < 1.29 is 17.9 Å². The lowest BCUT2D eigenvalue weighted by Gasteiger charge is -2.06. The molecule has 126 valence electrons. The van der Waals surface area contributed by atoms with Crippen LogP contribution in [0.15, 0.2) is 52.3 Å². The van der Waals surface area contributed by atoms with Crippen molar-refractivity contribution in [3.05, 3.63) is 68.5 Å². The first kappa shape index (κ1) is 18.5. The van der Waals surface area contributed by atoms with Gasteiger partial charge < -0.3 is 4.74 Å². The first-order valence-corrected chi connectivity index (χ1v) is 9.37. The van der Waals surface area contributed by atoms with Gasteiger partial charge in [-0.15, -0.1) is 0 Å². The maximum atomic E-state index is 12.1. The molecule has 1 N–H and O–H groups in total. The van der Waals surface area contributed by atoms with Gasteiger partial charge in [0.15, 0.2) is 0 Å². The van der Waals surface area contributed by atoms with E-state index in [1.807, 2.05) is 4.72 Å². The molecule has 0 heterocycles. The van der Waals surface area contributed by atoms with E-state index in [9.17, 15) is 13.2 Å². The third kappa shape index (κ3) is 5.09. The van der Waals surface area contributed by atoms with E-state index in [-0.39, 0.29) is 10.6 Å². The summed E-state index contributed by atoms with van der Waals surface area (Å²) in [4.78, 5) is 12.1. The van der Waals surface area contributed by atoms with Gasteiger partial charge in [-0.1, -0.05) is 39.7 Å². The summed E-state index contributed by atoms with van der Waals surface area (Å²) in [7, 11) is -2.45. The summed E-state index contributed by atoms with van der Waals surface area (Å²) >= 11 is 9.16. The molecule has 0 atom stereocenters. The van der Waals surface area contributed by atoms with Gasteiger partial charge in [0.25, 0.3) is 15.9 Å². The van der Waals surface area contributed by atoms with E-state index in [1.54, 1.807) is 30.3 Å². The Labute approximate surface area is 153 Å². The fourth-order valence-corrected chi connectivity index (χ4v) is 3.34. The molecule has 0 fully saturated rings. The lowest BCUT2D eigenvalue weighted by atomic mass is 10.2. The van der Waals surface area contributed by atoms with Crippen LogP contribution in [0.1, 0.15) is 15.9 Å². The number of ether oxygens (including phenoxy) is 1. The summed E-state index contributed by atoms with van der Waals surface area (Å²) in [6.07, 6.45) is 1.36. The van der Waals surface area contributed by atoms with Crippen molar-refractivity contribution in [3.8, 4) is 5.75 Å². The van der Waals surface area contributed by atoms with Crippen molar-refractivity contribution in [1.29, 1.82) is 0 Å². The van der Waals surface area contributed by atoms with E-state index in [2.05, 4.69) is 15.9 Å². The number of amides is 1. The smallest absolute Gasteiger partial charge is 0.266 e. The Balaban J connectivity index is 2.15. The third-order valence-corrected chi connectivity index (χ3v) is 4.71. The van der Waals surface area contributed by atoms with Gasteiger partial charge in [-0.05, 0) is 42.0 Å². The van der Waals surface area contributed by atoms with Crippen LogP contribution in [0.3, 0.4) is 0 Å². The number of benzene rings is 2. The fraction of sp³-hybridized carbons (Fsp3) is 0.0625. The summed E-state index contributed by atoms with van der Waals surface area (Å²) < 4.78 is 31.7. The topological polar surface area (TPSA) is 72.5 Å². The molecule has 2 aromatic rings. The summed E-state index contributed by atoms with van der Waals surface area (Å²) in [5, 5.41) is 1.06. The molecule has 0 bridgehead atoms. The fourth-order valence-electron chi connectivity index (χ4n) is 1.81. The average Bonchev–Trinajstić information content (AvgIpc) is 2.52. The molecule has 0 unspecified atom stereocenters. The number of hydrogen-bond donors (Lipinski definition) is 1. The van der Waals surface area contributed by atoms with Crippen LogP contribution in [0.25, 0.3) is 6.08 Å². The van der Waals surface area contributed by atoms with Gasteiger partial charge in [0.2, 0.25) is 0 Å². The Morgan fingerprint density at radius 3 is 2.67 bits per heavy atom. The van der Waals surface area contributed by atoms with Crippen LogP contribution in [-0.4, -0.2) is 21.4 Å². The van der Waals surface area contributed by atoms with Crippen molar-refractivity contribution >= 4 is 49.5 Å². The molecule has 0 radical (unpaired) electrons. The van der Waals surface area contributed by atoms with Gasteiger partial charge in [-0.2, -0.15) is 0 Å². The highest BCUT2D eigenvalue weighted by Crippen LogP contribution is 2.21. The molecule has 0 aliphatic carbocycles. The molecule has 0 spiro atoms. The number of carbonyl (C=O) groups is 1. The number of rotatable bonds is 5. The summed E-state index contributed by atoms with van der Waals surface area (Å²) in [5.74, 6) is -0.206. The molecule has 0 aromatic heterocycles. The standard InChI is InChI=1S/C16H13BrClNO4S/c1-23-13-4-2-3-11(9-13)7-8-24(21,22)19-16(20)14-6-5-12(17)10-15(14)18/h2-10H,1H3,(H,19,20). The number of sulfonamides is 1. The molecule has 0 aliphatic rings. The molecule has 24 heavy (non-hydrogen) atoms. The van der Waals surface area contributed by atoms with Crippen molar-refractivity contribution in [1.82, 2.24) is 4.72 Å². The van der Waals surface area contributed by atoms with Crippen LogP contribution in [0.5, 0.6) is 5.75 Å². The highest BCUT2D eigenvalue weighted by Gasteiger charge is 2.16. The predicted octanol–water partition coefficient (Wildman–Crippen LogP) is 3.84. The lowest BCUT2D eigenvalue weighted by Crippen LogP contribution is -2.29. The van der Waals surface area contributed by atoms with E-state index >= 15 is 0 Å². The molecular formula is C16H13BrClNO4S. The van der Waals surface area contributed by atoms with Gasteiger partial charge >= 0.3 is 0 Å². The molecule has 5 nitrogen and oxygen atoms in total. The quantitative estimate of drug-likeness (QED) is 0.782. The highest BCUT2D eigenvalue weighted by molar-refractivity contribution is 9.10. The molecule has 2 aromatic carbocycles. The minimum Gasteiger partial charge on any atom is -0.497 e. The zero-order chi connectivity index (χ0) is 17.7. The second-order valence-electron chi connectivity index (χ2n) is 4.68. The van der Waals surface area contributed by atoms with Gasteiger partial charge in [-0.25, -0.2) is 13.1 Å². The summed E-state index contributed by atoms with van der Waals surface area (Å²) in [6.45, 7) is 0. The minimum absolute atomic E-state index is 0.0678. The van der Waals surface area contributed by atoms with Crippen LogP contribution >= 0.6 is 27.5 Å². The Morgan fingerprint density at radius 2 is 2.00 bits per heavy atom. The monoisotopic (exact) mass is 429 g/mol. The Hall–Kier alpha value is -1.83. The van der Waals surface area contributed by atoms with Crippen LogP contribution < -0.4 is 9.46 Å². The first-order valence-electron chi connectivity index (χ1n) is 6.65. The largest absolute Gasteiger partial charge is 0.497 e. The van der Waals surface area contributed by atoms with Crippen LogP contribution in [-0.2, 0) is 10.0 Å². The molecule has 1 amide bonds. The highest BCUT2D eigenvalue weighted by atomic mass is 79.9. The molecule has 0 saturated carbocycles. The zero-order valence-electron chi connectivity index (χ0n) is 12.5. The van der Waals surface area contributed by atoms with Crippen molar-refractivity contribution in [2.45, 2.75) is 0 Å². The number of hydrogen-bond acceptors (Lipinski definition) is 4. The maximum Gasteiger partial charge on any atom is 0.266 e. The van der Waals surface area contributed by atoms with Gasteiger partial charge in [0.1, 0.15) is 5.75 Å². The van der Waals surface area contributed by atoms with E-state index in [0.717, 1.165) is 5.41 Å². The molecule has 8 heteroatoms. The van der Waals surface area contributed by atoms with E-state index < -0.39 is 15.9 Å². The normalized spacial score (nSPS) is 11.5.